The summed E-state index contributed by atoms with van der Waals surface area (Å²) in [5, 5.41) is 10.6. The van der Waals surface area contributed by atoms with Crippen molar-refractivity contribution in [3.8, 4) is 11.5 Å². The molecule has 0 aromatic heterocycles. The summed E-state index contributed by atoms with van der Waals surface area (Å²) < 4.78 is 6.46. The second-order valence-corrected chi connectivity index (χ2v) is 5.73. The van der Waals surface area contributed by atoms with Crippen LogP contribution in [0.2, 0.25) is 10.0 Å². The van der Waals surface area contributed by atoms with Crippen molar-refractivity contribution >= 4 is 39.1 Å². The molecular weight excluding hydrogens is 351 g/mol. The van der Waals surface area contributed by atoms with E-state index >= 15 is 0 Å². The van der Waals surface area contributed by atoms with Crippen molar-refractivity contribution in [1.29, 1.82) is 0 Å². The molecule has 0 saturated heterocycles. The van der Waals surface area contributed by atoms with Crippen molar-refractivity contribution in [2.75, 3.05) is 0 Å². The average molecular weight is 362 g/mol. The Morgan fingerprint density at radius 1 is 1.16 bits per heavy atom. The van der Waals surface area contributed by atoms with Crippen LogP contribution in [0.15, 0.2) is 40.9 Å². The van der Waals surface area contributed by atoms with Gasteiger partial charge in [0.1, 0.15) is 11.5 Å². The minimum atomic E-state index is -0.539. The van der Waals surface area contributed by atoms with Crippen molar-refractivity contribution in [2.45, 2.75) is 13.0 Å². The highest BCUT2D eigenvalue weighted by molar-refractivity contribution is 9.10. The first-order chi connectivity index (χ1) is 8.97. The summed E-state index contributed by atoms with van der Waals surface area (Å²) in [6.07, 6.45) is -0.539. The molecule has 0 aliphatic heterocycles. The Hall–Kier alpha value is -0.740. The Morgan fingerprint density at radius 3 is 2.47 bits per heavy atom. The molecule has 19 heavy (non-hydrogen) atoms. The van der Waals surface area contributed by atoms with E-state index in [9.17, 15) is 5.11 Å². The summed E-state index contributed by atoms with van der Waals surface area (Å²) in [5.74, 6) is 1.16. The summed E-state index contributed by atoms with van der Waals surface area (Å²) >= 11 is 15.3. The normalized spacial score (nSPS) is 12.3. The number of hydrogen-bond acceptors (Lipinski definition) is 2. The molecule has 0 amide bonds. The van der Waals surface area contributed by atoms with Crippen LogP contribution in [0.3, 0.4) is 0 Å². The number of rotatable bonds is 3. The van der Waals surface area contributed by atoms with Gasteiger partial charge in [0.05, 0.1) is 11.1 Å². The van der Waals surface area contributed by atoms with E-state index in [1.807, 2.05) is 0 Å². The van der Waals surface area contributed by atoms with Crippen LogP contribution in [0.1, 0.15) is 18.6 Å². The molecule has 2 aromatic rings. The molecule has 0 bridgehead atoms. The standard InChI is InChI=1S/C14H11BrCl2O2/c1-8(18)11-4-3-10(7-12(11)15)19-14-5-2-9(16)6-13(14)17/h2-8,18H,1H3/t8-/m0/s1. The van der Waals surface area contributed by atoms with E-state index in [2.05, 4.69) is 15.9 Å². The van der Waals surface area contributed by atoms with E-state index in [0.29, 0.717) is 21.5 Å². The molecule has 0 spiro atoms. The maximum absolute atomic E-state index is 9.55. The highest BCUT2D eigenvalue weighted by atomic mass is 79.9. The number of aliphatic hydroxyl groups is 1. The molecule has 0 unspecified atom stereocenters. The van der Waals surface area contributed by atoms with Crippen LogP contribution in [-0.4, -0.2) is 5.11 Å². The largest absolute Gasteiger partial charge is 0.456 e. The highest BCUT2D eigenvalue weighted by Crippen LogP contribution is 2.34. The van der Waals surface area contributed by atoms with Crippen molar-refractivity contribution in [3.05, 3.63) is 56.5 Å². The van der Waals surface area contributed by atoms with Gasteiger partial charge in [-0.3, -0.25) is 0 Å². The second kappa shape index (κ2) is 6.14. The monoisotopic (exact) mass is 360 g/mol. The van der Waals surface area contributed by atoms with Crippen LogP contribution in [0.5, 0.6) is 11.5 Å². The van der Waals surface area contributed by atoms with Gasteiger partial charge in [-0.15, -0.1) is 0 Å². The smallest absolute Gasteiger partial charge is 0.146 e. The number of ether oxygens (including phenoxy) is 1. The lowest BCUT2D eigenvalue weighted by atomic mass is 10.1. The van der Waals surface area contributed by atoms with Gasteiger partial charge >= 0.3 is 0 Å². The molecule has 0 heterocycles. The van der Waals surface area contributed by atoms with Crippen molar-refractivity contribution in [2.24, 2.45) is 0 Å². The highest BCUT2D eigenvalue weighted by Gasteiger charge is 2.09. The summed E-state index contributed by atoms with van der Waals surface area (Å²) in [6.45, 7) is 1.71. The molecule has 0 radical (unpaired) electrons. The second-order valence-electron chi connectivity index (χ2n) is 4.04. The first-order valence-corrected chi connectivity index (χ1v) is 7.12. The van der Waals surface area contributed by atoms with E-state index in [1.165, 1.54) is 0 Å². The van der Waals surface area contributed by atoms with E-state index in [1.54, 1.807) is 43.3 Å². The van der Waals surface area contributed by atoms with Crippen LogP contribution < -0.4 is 4.74 Å². The predicted octanol–water partition coefficient (Wildman–Crippen LogP) is 5.60. The zero-order valence-corrected chi connectivity index (χ0v) is 13.1. The van der Waals surface area contributed by atoms with Crippen LogP contribution in [0.4, 0.5) is 0 Å². The number of aliphatic hydroxyl groups excluding tert-OH is 1. The molecule has 0 aliphatic rings. The molecule has 0 aliphatic carbocycles. The van der Waals surface area contributed by atoms with Gasteiger partial charge < -0.3 is 9.84 Å². The van der Waals surface area contributed by atoms with E-state index in [0.717, 1.165) is 10.0 Å². The van der Waals surface area contributed by atoms with Gasteiger partial charge in [-0.25, -0.2) is 0 Å². The van der Waals surface area contributed by atoms with E-state index in [-0.39, 0.29) is 0 Å². The molecule has 1 atom stereocenters. The van der Waals surface area contributed by atoms with Gasteiger partial charge in [0.25, 0.3) is 0 Å². The third kappa shape index (κ3) is 3.63. The minimum Gasteiger partial charge on any atom is -0.456 e. The molecule has 0 fully saturated rings. The molecule has 5 heteroatoms. The van der Waals surface area contributed by atoms with Crippen LogP contribution in [0, 0.1) is 0 Å². The van der Waals surface area contributed by atoms with E-state index in [4.69, 9.17) is 27.9 Å². The molecule has 2 rings (SSSR count). The molecule has 1 N–H and O–H groups in total. The Morgan fingerprint density at radius 2 is 1.89 bits per heavy atom. The van der Waals surface area contributed by atoms with E-state index < -0.39 is 6.10 Å². The number of halogens is 3. The molecule has 2 nitrogen and oxygen atoms in total. The molecule has 2 aromatic carbocycles. The maximum Gasteiger partial charge on any atom is 0.146 e. The Bertz CT molecular complexity index is 600. The number of hydrogen-bond donors (Lipinski definition) is 1. The van der Waals surface area contributed by atoms with Gasteiger partial charge in [0, 0.05) is 9.50 Å². The quantitative estimate of drug-likeness (QED) is 0.770. The fourth-order valence-corrected chi connectivity index (χ4v) is 2.73. The SMILES string of the molecule is C[C@H](O)c1ccc(Oc2ccc(Cl)cc2Cl)cc1Br. The molecular formula is C14H11BrCl2O2. The predicted molar refractivity (Wildman–Crippen MR) is 81.3 cm³/mol. The Balaban J connectivity index is 2.26. The zero-order chi connectivity index (χ0) is 14.0. The first-order valence-electron chi connectivity index (χ1n) is 5.58. The molecule has 0 saturated carbocycles. The molecule has 100 valence electrons. The van der Waals surface area contributed by atoms with Gasteiger partial charge in [0.15, 0.2) is 0 Å². The van der Waals surface area contributed by atoms with Gasteiger partial charge in [-0.2, -0.15) is 0 Å². The minimum absolute atomic E-state index is 0.447. The summed E-state index contributed by atoms with van der Waals surface area (Å²) in [7, 11) is 0. The lowest BCUT2D eigenvalue weighted by Gasteiger charge is -2.11. The summed E-state index contributed by atoms with van der Waals surface area (Å²) in [6, 6.07) is 10.4. The van der Waals surface area contributed by atoms with Crippen molar-refractivity contribution < 1.29 is 9.84 Å². The maximum atomic E-state index is 9.55. The number of benzene rings is 2. The third-order valence-electron chi connectivity index (χ3n) is 2.54. The zero-order valence-electron chi connectivity index (χ0n) is 10.0. The van der Waals surface area contributed by atoms with Crippen molar-refractivity contribution in [1.82, 2.24) is 0 Å². The summed E-state index contributed by atoms with van der Waals surface area (Å²) in [5.41, 5.74) is 0.801. The Labute approximate surface area is 130 Å². The lowest BCUT2D eigenvalue weighted by molar-refractivity contribution is 0.198. The van der Waals surface area contributed by atoms with Crippen molar-refractivity contribution in [3.63, 3.8) is 0 Å². The van der Waals surface area contributed by atoms with Crippen LogP contribution in [0.25, 0.3) is 0 Å². The average Bonchev–Trinajstić information content (AvgIpc) is 2.32. The summed E-state index contributed by atoms with van der Waals surface area (Å²) in [4.78, 5) is 0. The fraction of sp³-hybridized carbons (Fsp3) is 0.143. The lowest BCUT2D eigenvalue weighted by Crippen LogP contribution is -1.93. The van der Waals surface area contributed by atoms with Gasteiger partial charge in [0.2, 0.25) is 0 Å². The van der Waals surface area contributed by atoms with Gasteiger partial charge in [-0.1, -0.05) is 45.2 Å². The van der Waals surface area contributed by atoms with Gasteiger partial charge in [-0.05, 0) is 42.8 Å². The first kappa shape index (κ1) is 14.7. The third-order valence-corrected chi connectivity index (χ3v) is 3.76. The topological polar surface area (TPSA) is 29.5 Å². The fourth-order valence-electron chi connectivity index (χ4n) is 1.60. The van der Waals surface area contributed by atoms with Crippen LogP contribution >= 0.6 is 39.1 Å². The van der Waals surface area contributed by atoms with Crippen LogP contribution in [-0.2, 0) is 0 Å². The Kier molecular flexibility index (Phi) is 4.74.